The van der Waals surface area contributed by atoms with E-state index in [9.17, 15) is 18.0 Å². The van der Waals surface area contributed by atoms with E-state index in [0.717, 1.165) is 28.1 Å². The molecule has 1 unspecified atom stereocenters. The number of benzene rings is 2. The third-order valence-electron chi connectivity index (χ3n) is 5.47. The summed E-state index contributed by atoms with van der Waals surface area (Å²) in [5.74, 6) is -0.895. The van der Waals surface area contributed by atoms with Crippen LogP contribution in [0.1, 0.15) is 25.0 Å². The number of nitrogens with zero attached hydrogens (tertiary/aromatic N) is 2. The molecule has 0 spiro atoms. The van der Waals surface area contributed by atoms with Crippen LogP contribution in [0.15, 0.2) is 48.5 Å². The van der Waals surface area contributed by atoms with Gasteiger partial charge >= 0.3 is 0 Å². The van der Waals surface area contributed by atoms with Gasteiger partial charge in [-0.2, -0.15) is 4.31 Å². The molecular weight excluding hydrogens is 438 g/mol. The molecule has 31 heavy (non-hydrogen) atoms. The summed E-state index contributed by atoms with van der Waals surface area (Å²) in [5, 5.41) is 3.43. The van der Waals surface area contributed by atoms with Gasteiger partial charge in [-0.3, -0.25) is 14.5 Å². The predicted octanol–water partition coefficient (Wildman–Crippen LogP) is 2.59. The zero-order valence-electron chi connectivity index (χ0n) is 17.8. The Morgan fingerprint density at radius 3 is 2.23 bits per heavy atom. The fourth-order valence-corrected chi connectivity index (χ4v) is 4.62. The Kier molecular flexibility index (Phi) is 6.73. The topological polar surface area (TPSA) is 86.8 Å². The summed E-state index contributed by atoms with van der Waals surface area (Å²) < 4.78 is 25.4. The van der Waals surface area contributed by atoms with E-state index >= 15 is 0 Å². The quantitative estimate of drug-likeness (QED) is 0.713. The molecular formula is C22H26ClN3O4S. The van der Waals surface area contributed by atoms with Crippen molar-refractivity contribution in [2.24, 2.45) is 0 Å². The van der Waals surface area contributed by atoms with E-state index in [0.29, 0.717) is 10.7 Å². The second-order valence-corrected chi connectivity index (χ2v) is 10.3. The van der Waals surface area contributed by atoms with Crippen LogP contribution in [0, 0.1) is 0 Å². The number of amides is 2. The number of aryl methyl sites for hydroxylation is 1. The highest BCUT2D eigenvalue weighted by atomic mass is 35.5. The van der Waals surface area contributed by atoms with Crippen LogP contribution in [0.5, 0.6) is 0 Å². The van der Waals surface area contributed by atoms with Gasteiger partial charge in [0.15, 0.2) is 0 Å². The standard InChI is InChI=1S/C22H26ClN3O4S/c1-4-16-7-11-19(12-8-16)26-20(27)14-25(31(3,29)30)15-22(26,2)21(28)24-13-17-5-9-18(23)10-6-17/h5-12H,4,13-15H2,1-3H3,(H,24,28). The van der Waals surface area contributed by atoms with Crippen LogP contribution in [0.2, 0.25) is 5.02 Å². The molecule has 1 atom stereocenters. The summed E-state index contributed by atoms with van der Waals surface area (Å²) >= 11 is 5.91. The van der Waals surface area contributed by atoms with Crippen molar-refractivity contribution in [3.05, 3.63) is 64.7 Å². The third-order valence-corrected chi connectivity index (χ3v) is 6.91. The molecule has 0 aliphatic carbocycles. The minimum Gasteiger partial charge on any atom is -0.350 e. The molecule has 1 N–H and O–H groups in total. The molecule has 1 saturated heterocycles. The molecule has 2 aromatic rings. The Hall–Kier alpha value is -2.42. The molecule has 1 aliphatic heterocycles. The maximum atomic E-state index is 13.3. The molecule has 0 radical (unpaired) electrons. The van der Waals surface area contributed by atoms with Gasteiger partial charge < -0.3 is 5.32 Å². The Balaban J connectivity index is 1.93. The zero-order valence-corrected chi connectivity index (χ0v) is 19.3. The van der Waals surface area contributed by atoms with Crippen LogP contribution in [0.25, 0.3) is 0 Å². The predicted molar refractivity (Wildman–Crippen MR) is 121 cm³/mol. The fourth-order valence-electron chi connectivity index (χ4n) is 3.66. The largest absolute Gasteiger partial charge is 0.350 e. The number of anilines is 1. The van der Waals surface area contributed by atoms with E-state index in [2.05, 4.69) is 5.32 Å². The minimum atomic E-state index is -3.66. The van der Waals surface area contributed by atoms with Crippen LogP contribution in [-0.2, 0) is 32.6 Å². The van der Waals surface area contributed by atoms with Crippen molar-refractivity contribution in [2.75, 3.05) is 24.2 Å². The molecule has 1 heterocycles. The number of nitrogens with one attached hydrogen (secondary N) is 1. The van der Waals surface area contributed by atoms with Gasteiger partial charge in [0, 0.05) is 23.8 Å². The van der Waals surface area contributed by atoms with Crippen molar-refractivity contribution in [1.29, 1.82) is 0 Å². The molecule has 166 valence electrons. The molecule has 0 aromatic heterocycles. The number of sulfonamides is 1. The second kappa shape index (κ2) is 8.98. The van der Waals surface area contributed by atoms with Gasteiger partial charge in [0.25, 0.3) is 0 Å². The van der Waals surface area contributed by atoms with E-state index < -0.39 is 27.4 Å². The first kappa shape index (κ1) is 23.2. The first-order valence-electron chi connectivity index (χ1n) is 9.94. The third kappa shape index (κ3) is 5.08. The van der Waals surface area contributed by atoms with Gasteiger partial charge in [-0.15, -0.1) is 0 Å². The maximum absolute atomic E-state index is 13.3. The first-order valence-corrected chi connectivity index (χ1v) is 12.2. The number of hydrogen-bond donors (Lipinski definition) is 1. The van der Waals surface area contributed by atoms with Crippen molar-refractivity contribution >= 4 is 39.1 Å². The van der Waals surface area contributed by atoms with Crippen LogP contribution in [0.4, 0.5) is 5.69 Å². The summed E-state index contributed by atoms with van der Waals surface area (Å²) in [4.78, 5) is 27.8. The van der Waals surface area contributed by atoms with E-state index in [1.165, 1.54) is 4.90 Å². The number of piperazine rings is 1. The Morgan fingerprint density at radius 1 is 1.10 bits per heavy atom. The Bertz CT molecular complexity index is 1070. The van der Waals surface area contributed by atoms with Crippen molar-refractivity contribution in [3.8, 4) is 0 Å². The van der Waals surface area contributed by atoms with E-state index in [1.54, 1.807) is 43.3 Å². The van der Waals surface area contributed by atoms with Crippen molar-refractivity contribution in [1.82, 2.24) is 9.62 Å². The average Bonchev–Trinajstić information content (AvgIpc) is 2.72. The summed E-state index contributed by atoms with van der Waals surface area (Å²) in [6.45, 7) is 3.39. The van der Waals surface area contributed by atoms with Crippen LogP contribution < -0.4 is 10.2 Å². The number of hydrogen-bond acceptors (Lipinski definition) is 4. The molecule has 1 fully saturated rings. The van der Waals surface area contributed by atoms with Crippen LogP contribution in [-0.4, -0.2) is 49.4 Å². The maximum Gasteiger partial charge on any atom is 0.247 e. The van der Waals surface area contributed by atoms with Gasteiger partial charge in [0.2, 0.25) is 21.8 Å². The Labute approximate surface area is 188 Å². The fraction of sp³-hybridized carbons (Fsp3) is 0.364. The average molecular weight is 464 g/mol. The lowest BCUT2D eigenvalue weighted by Gasteiger charge is -2.46. The molecule has 2 amide bonds. The Morgan fingerprint density at radius 2 is 1.68 bits per heavy atom. The highest BCUT2D eigenvalue weighted by Crippen LogP contribution is 2.31. The lowest BCUT2D eigenvalue weighted by molar-refractivity contribution is -0.133. The van der Waals surface area contributed by atoms with Gasteiger partial charge in [-0.1, -0.05) is 42.8 Å². The van der Waals surface area contributed by atoms with Crippen LogP contribution in [0.3, 0.4) is 0 Å². The zero-order chi connectivity index (χ0) is 22.8. The molecule has 3 rings (SSSR count). The van der Waals surface area contributed by atoms with Crippen molar-refractivity contribution < 1.29 is 18.0 Å². The lowest BCUT2D eigenvalue weighted by Crippen LogP contribution is -2.70. The number of rotatable bonds is 6. The minimum absolute atomic E-state index is 0.139. The highest BCUT2D eigenvalue weighted by Gasteiger charge is 2.50. The summed E-state index contributed by atoms with van der Waals surface area (Å²) in [7, 11) is -3.66. The first-order chi connectivity index (χ1) is 14.5. The highest BCUT2D eigenvalue weighted by molar-refractivity contribution is 7.88. The van der Waals surface area contributed by atoms with Crippen LogP contribution >= 0.6 is 11.6 Å². The number of carbonyl (C=O) groups excluding carboxylic acids is 2. The monoisotopic (exact) mass is 463 g/mol. The van der Waals surface area contributed by atoms with Gasteiger partial charge in [-0.25, -0.2) is 8.42 Å². The smallest absolute Gasteiger partial charge is 0.247 e. The molecule has 0 bridgehead atoms. The number of halogens is 1. The molecule has 0 saturated carbocycles. The summed E-state index contributed by atoms with van der Waals surface area (Å²) in [6, 6.07) is 14.4. The molecule has 2 aromatic carbocycles. The van der Waals surface area contributed by atoms with E-state index in [-0.39, 0.29) is 19.6 Å². The van der Waals surface area contributed by atoms with Crippen molar-refractivity contribution in [2.45, 2.75) is 32.4 Å². The summed E-state index contributed by atoms with van der Waals surface area (Å²) in [5.41, 5.74) is 1.07. The number of carbonyl (C=O) groups is 2. The van der Waals surface area contributed by atoms with Crippen molar-refractivity contribution in [3.63, 3.8) is 0 Å². The van der Waals surface area contributed by atoms with E-state index in [1.807, 2.05) is 19.1 Å². The van der Waals surface area contributed by atoms with E-state index in [4.69, 9.17) is 11.6 Å². The SMILES string of the molecule is CCc1ccc(N2C(=O)CN(S(C)(=O)=O)CC2(C)C(=O)NCc2ccc(Cl)cc2)cc1. The summed E-state index contributed by atoms with van der Waals surface area (Å²) in [6.07, 6.45) is 1.88. The van der Waals surface area contributed by atoms with Gasteiger partial charge in [-0.05, 0) is 48.7 Å². The van der Waals surface area contributed by atoms with Gasteiger partial charge in [0.1, 0.15) is 5.54 Å². The molecule has 9 heteroatoms. The normalized spacial score (nSPS) is 20.0. The molecule has 1 aliphatic rings. The lowest BCUT2D eigenvalue weighted by atomic mass is 9.94. The second-order valence-electron chi connectivity index (χ2n) is 7.86. The van der Waals surface area contributed by atoms with Gasteiger partial charge in [0.05, 0.1) is 12.8 Å². The molecule has 7 nitrogen and oxygen atoms in total.